The summed E-state index contributed by atoms with van der Waals surface area (Å²) in [6.07, 6.45) is 1.13. The van der Waals surface area contributed by atoms with Gasteiger partial charge in [-0.1, -0.05) is 5.18 Å². The molecule has 8 heteroatoms. The fraction of sp³-hybridized carbons (Fsp3) is 0.500. The van der Waals surface area contributed by atoms with Crippen LogP contribution in [-0.2, 0) is 4.74 Å². The fourth-order valence-corrected chi connectivity index (χ4v) is 2.38. The number of nitrogens with two attached hydrogens (primary N) is 1. The molecule has 1 saturated heterocycles. The molecule has 1 aromatic heterocycles. The van der Waals surface area contributed by atoms with Crippen molar-refractivity contribution >= 4 is 17.6 Å². The lowest BCUT2D eigenvalue weighted by atomic mass is 10.5. The third-order valence-electron chi connectivity index (χ3n) is 2.12. The molecule has 1 aliphatic rings. The second-order valence-corrected chi connectivity index (χ2v) is 4.40. The van der Waals surface area contributed by atoms with Gasteiger partial charge in [0.05, 0.1) is 0 Å². The first-order chi connectivity index (χ1) is 7.70. The van der Waals surface area contributed by atoms with Gasteiger partial charge in [0.2, 0.25) is 0 Å². The van der Waals surface area contributed by atoms with Crippen LogP contribution in [0.2, 0.25) is 0 Å². The molecule has 2 heterocycles. The van der Waals surface area contributed by atoms with E-state index in [4.69, 9.17) is 10.5 Å². The summed E-state index contributed by atoms with van der Waals surface area (Å²) in [5.74, 6) is 0.768. The smallest absolute Gasteiger partial charge is 0.351 e. The topological polar surface area (TPSA) is 99.6 Å². The van der Waals surface area contributed by atoms with Gasteiger partial charge in [0.25, 0.3) is 0 Å². The number of thioether (sulfide) groups is 1. The Bertz CT molecular complexity index is 449. The van der Waals surface area contributed by atoms with Crippen molar-refractivity contribution in [2.45, 2.75) is 11.7 Å². The Morgan fingerprint density at radius 3 is 3.25 bits per heavy atom. The number of hydrogen-bond donors (Lipinski definition) is 1. The maximum atomic E-state index is 11.5. The van der Waals surface area contributed by atoms with Crippen LogP contribution in [0.4, 0.5) is 5.82 Å². The zero-order valence-corrected chi connectivity index (χ0v) is 9.09. The van der Waals surface area contributed by atoms with Crippen molar-refractivity contribution in [2.75, 3.05) is 18.0 Å². The fourth-order valence-electron chi connectivity index (χ4n) is 1.39. The van der Waals surface area contributed by atoms with Gasteiger partial charge in [-0.3, -0.25) is 4.57 Å². The van der Waals surface area contributed by atoms with E-state index in [9.17, 15) is 9.70 Å². The molecule has 0 aliphatic carbocycles. The highest BCUT2D eigenvalue weighted by Gasteiger charge is 2.28. The van der Waals surface area contributed by atoms with Crippen LogP contribution in [0.15, 0.2) is 22.2 Å². The van der Waals surface area contributed by atoms with Gasteiger partial charge in [-0.15, -0.1) is 11.8 Å². The summed E-state index contributed by atoms with van der Waals surface area (Å²) in [4.78, 5) is 25.2. The lowest BCUT2D eigenvalue weighted by Gasteiger charge is -2.12. The monoisotopic (exact) mass is 242 g/mol. The molecule has 0 spiro atoms. The van der Waals surface area contributed by atoms with Crippen LogP contribution in [-0.4, -0.2) is 27.3 Å². The lowest BCUT2D eigenvalue weighted by molar-refractivity contribution is 0.0198. The number of hydrogen-bond acceptors (Lipinski definition) is 7. The highest BCUT2D eigenvalue weighted by atomic mass is 32.2. The van der Waals surface area contributed by atoms with E-state index in [2.05, 4.69) is 10.2 Å². The second-order valence-electron chi connectivity index (χ2n) is 3.21. The van der Waals surface area contributed by atoms with Crippen molar-refractivity contribution in [1.82, 2.24) is 9.55 Å². The quantitative estimate of drug-likeness (QED) is 0.759. The predicted octanol–water partition coefficient (Wildman–Crippen LogP) is 0.180. The molecule has 1 fully saturated rings. The Hall–Kier alpha value is -1.41. The molecule has 16 heavy (non-hydrogen) atoms. The number of nitrogens with zero attached hydrogens (tertiary/aromatic N) is 3. The average Bonchev–Trinajstić information content (AvgIpc) is 2.67. The Morgan fingerprint density at radius 1 is 1.75 bits per heavy atom. The molecule has 0 aromatic carbocycles. The number of anilines is 1. The van der Waals surface area contributed by atoms with Crippen molar-refractivity contribution in [3.05, 3.63) is 27.7 Å². The number of aromatic nitrogens is 2. The van der Waals surface area contributed by atoms with Crippen molar-refractivity contribution in [3.8, 4) is 0 Å². The zero-order chi connectivity index (χ0) is 11.5. The van der Waals surface area contributed by atoms with Crippen molar-refractivity contribution in [3.63, 3.8) is 0 Å². The van der Waals surface area contributed by atoms with Gasteiger partial charge in [-0.2, -0.15) is 9.89 Å². The maximum Gasteiger partial charge on any atom is 0.351 e. The molecule has 0 unspecified atom stereocenters. The van der Waals surface area contributed by atoms with E-state index in [0.29, 0.717) is 5.75 Å². The summed E-state index contributed by atoms with van der Waals surface area (Å²) < 4.78 is 6.82. The second kappa shape index (κ2) is 4.62. The summed E-state index contributed by atoms with van der Waals surface area (Å²) in [5.41, 5.74) is 4.64. The van der Waals surface area contributed by atoms with Crippen LogP contribution < -0.4 is 11.4 Å². The predicted molar refractivity (Wildman–Crippen MR) is 59.9 cm³/mol. The summed E-state index contributed by atoms with van der Waals surface area (Å²) in [7, 11) is 0. The molecule has 2 atom stereocenters. The molecule has 0 amide bonds. The van der Waals surface area contributed by atoms with Crippen molar-refractivity contribution in [1.29, 1.82) is 0 Å². The third kappa shape index (κ3) is 2.22. The molecule has 1 aliphatic heterocycles. The minimum Gasteiger partial charge on any atom is -0.383 e. The Morgan fingerprint density at radius 2 is 2.56 bits per heavy atom. The Labute approximate surface area is 95.0 Å². The van der Waals surface area contributed by atoms with Crippen LogP contribution in [0.3, 0.4) is 0 Å². The maximum absolute atomic E-state index is 11.5. The van der Waals surface area contributed by atoms with E-state index in [0.717, 1.165) is 0 Å². The normalized spacial score (nSPS) is 24.5. The van der Waals surface area contributed by atoms with E-state index in [1.165, 1.54) is 28.6 Å². The summed E-state index contributed by atoms with van der Waals surface area (Å²) in [6, 6.07) is 1.53. The Balaban J connectivity index is 2.14. The van der Waals surface area contributed by atoms with Crippen LogP contribution in [0, 0.1) is 4.91 Å². The summed E-state index contributed by atoms with van der Waals surface area (Å²) >= 11 is 1.45. The molecular formula is C8H10N4O3S. The van der Waals surface area contributed by atoms with Gasteiger partial charge in [0.15, 0.2) is 0 Å². The molecule has 2 N–H and O–H groups in total. The lowest BCUT2D eigenvalue weighted by Crippen LogP contribution is -2.28. The molecule has 1 aromatic rings. The van der Waals surface area contributed by atoms with Crippen LogP contribution in [0.25, 0.3) is 0 Å². The molecule has 0 bridgehead atoms. The van der Waals surface area contributed by atoms with E-state index in [1.807, 2.05) is 0 Å². The summed E-state index contributed by atoms with van der Waals surface area (Å²) in [6.45, 7) is 0.0817. The van der Waals surface area contributed by atoms with Crippen molar-refractivity contribution < 1.29 is 4.74 Å². The van der Waals surface area contributed by atoms with E-state index in [1.54, 1.807) is 0 Å². The Kier molecular flexibility index (Phi) is 3.20. The van der Waals surface area contributed by atoms with Crippen LogP contribution >= 0.6 is 11.8 Å². The van der Waals surface area contributed by atoms with Gasteiger partial charge >= 0.3 is 5.69 Å². The van der Waals surface area contributed by atoms with E-state index >= 15 is 0 Å². The SMILES string of the molecule is Nc1ccn([C@@H]2CS[C@H](CN=O)O2)c(=O)n1. The average molecular weight is 242 g/mol. The van der Waals surface area contributed by atoms with Crippen LogP contribution in [0.1, 0.15) is 6.23 Å². The van der Waals surface area contributed by atoms with E-state index < -0.39 is 11.9 Å². The number of rotatable bonds is 3. The first-order valence-corrected chi connectivity index (χ1v) is 5.66. The molecule has 0 radical (unpaired) electrons. The molecule has 2 rings (SSSR count). The van der Waals surface area contributed by atoms with Gasteiger partial charge in [-0.25, -0.2) is 4.79 Å². The molecule has 86 valence electrons. The summed E-state index contributed by atoms with van der Waals surface area (Å²) in [5, 5.41) is 2.76. The minimum atomic E-state index is -0.453. The van der Waals surface area contributed by atoms with Gasteiger partial charge < -0.3 is 10.5 Å². The molecular weight excluding hydrogens is 232 g/mol. The first kappa shape index (κ1) is 11.1. The van der Waals surface area contributed by atoms with Gasteiger partial charge in [0.1, 0.15) is 24.0 Å². The van der Waals surface area contributed by atoms with Gasteiger partial charge in [-0.05, 0) is 6.07 Å². The highest BCUT2D eigenvalue weighted by Crippen LogP contribution is 2.30. The van der Waals surface area contributed by atoms with E-state index in [-0.39, 0.29) is 17.8 Å². The zero-order valence-electron chi connectivity index (χ0n) is 8.28. The number of ether oxygens (including phenoxy) is 1. The largest absolute Gasteiger partial charge is 0.383 e. The highest BCUT2D eigenvalue weighted by molar-refractivity contribution is 8.00. The number of nitroso groups, excluding NO2 is 1. The van der Waals surface area contributed by atoms with Crippen LogP contribution in [0.5, 0.6) is 0 Å². The molecule has 7 nitrogen and oxygen atoms in total. The minimum absolute atomic E-state index is 0.0817. The third-order valence-corrected chi connectivity index (χ3v) is 3.23. The number of nitrogen functional groups attached to an aromatic ring is 1. The van der Waals surface area contributed by atoms with Gasteiger partial charge in [0, 0.05) is 11.9 Å². The standard InChI is InChI=1S/C8H10N4O3S/c9-5-1-2-12(8(13)11-5)6-4-16-7(15-6)3-10-14/h1-2,6-7H,3-4H2,(H2,9,11,13)/t6-,7+/m0/s1. The first-order valence-electron chi connectivity index (χ1n) is 4.61. The van der Waals surface area contributed by atoms with Crippen molar-refractivity contribution in [2.24, 2.45) is 5.18 Å². The molecule has 0 saturated carbocycles.